The fraction of sp³-hybridized carbons (Fsp3) is 0.600. The number of nitrogens with two attached hydrogens (primary N) is 1. The van der Waals surface area contributed by atoms with Gasteiger partial charge >= 0.3 is 0 Å². The molecule has 0 radical (unpaired) electrons. The predicted molar refractivity (Wildman–Crippen MR) is 34.2 cm³/mol. The number of primary amides is 1. The third kappa shape index (κ3) is 7.33. The van der Waals surface area contributed by atoms with E-state index in [9.17, 15) is 9.59 Å². The van der Waals surface area contributed by atoms with Crippen LogP contribution in [-0.2, 0) is 27.0 Å². The molecule has 0 aliphatic rings. The van der Waals surface area contributed by atoms with Crippen molar-refractivity contribution in [1.82, 2.24) is 0 Å². The molecule has 5 nitrogen and oxygen atoms in total. The summed E-state index contributed by atoms with van der Waals surface area (Å²) in [6.45, 7) is 0. The van der Waals surface area contributed by atoms with Crippen LogP contribution < -0.4 is 5.73 Å². The van der Waals surface area contributed by atoms with Gasteiger partial charge in [-0.15, -0.1) is 0 Å². The first kappa shape index (κ1) is 13.1. The number of amides is 1. The molecule has 0 aliphatic carbocycles. The maximum Gasteiger partial charge on any atom is 0.285 e. The van der Waals surface area contributed by atoms with Gasteiger partial charge in [0.1, 0.15) is 0 Å². The second-order valence-corrected chi connectivity index (χ2v) is 1.90. The second kappa shape index (κ2) is 6.16. The smallest absolute Gasteiger partial charge is 0.285 e. The largest absolute Gasteiger partial charge is 0.665 e. The molecule has 0 aromatic carbocycles. The molecule has 0 aromatic heterocycles. The molecule has 0 unspecified atom stereocenters. The molecule has 0 aliphatic heterocycles. The average molecular weight is 197 g/mol. The summed E-state index contributed by atoms with van der Waals surface area (Å²) >= 11 is 0. The Morgan fingerprint density at radius 1 is 1.55 bits per heavy atom. The average Bonchev–Trinajstić information content (AvgIpc) is 1.82. The minimum absolute atomic E-state index is 0. The molecule has 6 heteroatoms. The molecule has 1 atom stereocenters. The molecule has 0 bridgehead atoms. The van der Waals surface area contributed by atoms with E-state index in [1.807, 2.05) is 0 Å². The van der Waals surface area contributed by atoms with Crippen LogP contribution in [-0.4, -0.2) is 23.0 Å². The first-order valence-electron chi connectivity index (χ1n) is 2.76. The fourth-order valence-corrected chi connectivity index (χ4v) is 0.410. The number of carbonyl (C=O) groups is 2. The summed E-state index contributed by atoms with van der Waals surface area (Å²) in [5.41, 5.74) is 11.5. The van der Waals surface area contributed by atoms with Gasteiger partial charge < -0.3 is 16.6 Å². The van der Waals surface area contributed by atoms with Crippen LogP contribution in [0.1, 0.15) is 12.8 Å². The number of rotatable bonds is 4. The maximum absolute atomic E-state index is 10.1. The Balaban J connectivity index is 0. The quantitative estimate of drug-likeness (QED) is 0.649. The van der Waals surface area contributed by atoms with Crippen molar-refractivity contribution >= 4 is 11.9 Å². The molecule has 0 spiro atoms. The van der Waals surface area contributed by atoms with Crippen molar-refractivity contribution in [2.45, 2.75) is 18.9 Å². The molecular formula is C5H9CrN2O3-. The maximum atomic E-state index is 10.1. The topological polar surface area (TPSA) is 104 Å². The summed E-state index contributed by atoms with van der Waals surface area (Å²) in [5.74, 6) is -1.79. The summed E-state index contributed by atoms with van der Waals surface area (Å²) in [6.07, 6.45) is -0.0505. The number of carboxylic acid groups (broad SMARTS) is 1. The monoisotopic (exact) mass is 197 g/mol. The van der Waals surface area contributed by atoms with E-state index in [1.54, 1.807) is 0 Å². The van der Waals surface area contributed by atoms with E-state index in [-0.39, 0.29) is 30.2 Å². The zero-order valence-corrected chi connectivity index (χ0v) is 7.02. The number of carboxylic acids is 1. The standard InChI is InChI=1S/C5H9N2O3.Cr/c6-3(5(9)10)1-2-4(7)8;/h3,6H,1-2H2,(H2,7,8)(H,9,10);/q-1;/t3-;/m0./s1. The summed E-state index contributed by atoms with van der Waals surface area (Å²) in [6, 6.07) is -1.23. The zero-order valence-electron chi connectivity index (χ0n) is 5.74. The SMILES string of the molecule is [Cr].[NH-][C@@H](CCC(N)=O)C(=O)O. The number of nitrogens with one attached hydrogen (secondary N) is 1. The Labute approximate surface area is 74.9 Å². The Morgan fingerprint density at radius 2 is 2.00 bits per heavy atom. The predicted octanol–water partition coefficient (Wildman–Crippen LogP) is -0.245. The Bertz CT molecular complexity index is 151. The number of aliphatic carboxylic acids is 1. The molecule has 4 N–H and O–H groups in total. The first-order valence-corrected chi connectivity index (χ1v) is 2.76. The van der Waals surface area contributed by atoms with Crippen molar-refractivity contribution in [1.29, 1.82) is 0 Å². The third-order valence-electron chi connectivity index (χ3n) is 0.978. The zero-order chi connectivity index (χ0) is 8.15. The van der Waals surface area contributed by atoms with Crippen LogP contribution in [0.3, 0.4) is 0 Å². The van der Waals surface area contributed by atoms with Crippen molar-refractivity contribution in [2.75, 3.05) is 0 Å². The van der Waals surface area contributed by atoms with Crippen molar-refractivity contribution in [3.63, 3.8) is 0 Å². The Kier molecular flexibility index (Phi) is 7.31. The van der Waals surface area contributed by atoms with Crippen LogP contribution in [0, 0.1) is 0 Å². The van der Waals surface area contributed by atoms with E-state index in [0.717, 1.165) is 0 Å². The molecule has 0 saturated carbocycles. The number of carbonyl (C=O) groups excluding carboxylic acids is 1. The van der Waals surface area contributed by atoms with Crippen molar-refractivity contribution < 1.29 is 32.1 Å². The van der Waals surface area contributed by atoms with Gasteiger partial charge in [0, 0.05) is 23.8 Å². The van der Waals surface area contributed by atoms with Gasteiger partial charge in [-0.05, 0) is 6.04 Å². The molecular weight excluding hydrogens is 188 g/mol. The van der Waals surface area contributed by atoms with Gasteiger partial charge in [-0.3, -0.25) is 9.59 Å². The van der Waals surface area contributed by atoms with Crippen molar-refractivity contribution in [2.24, 2.45) is 5.73 Å². The molecule has 11 heavy (non-hydrogen) atoms. The van der Waals surface area contributed by atoms with E-state index < -0.39 is 17.9 Å². The molecule has 1 amide bonds. The van der Waals surface area contributed by atoms with Gasteiger partial charge in [-0.1, -0.05) is 6.42 Å². The Hall–Kier alpha value is -0.568. The first-order chi connectivity index (χ1) is 4.54. The van der Waals surface area contributed by atoms with Crippen LogP contribution in [0.25, 0.3) is 5.73 Å². The van der Waals surface area contributed by atoms with Crippen LogP contribution in [0.4, 0.5) is 0 Å². The van der Waals surface area contributed by atoms with E-state index in [4.69, 9.17) is 16.6 Å². The second-order valence-electron chi connectivity index (χ2n) is 1.90. The van der Waals surface area contributed by atoms with Crippen LogP contribution >= 0.6 is 0 Å². The summed E-state index contributed by atoms with van der Waals surface area (Å²) in [4.78, 5) is 20.0. The minimum Gasteiger partial charge on any atom is -0.665 e. The molecule has 0 fully saturated rings. The third-order valence-corrected chi connectivity index (χ3v) is 0.978. The van der Waals surface area contributed by atoms with Crippen LogP contribution in [0.5, 0.6) is 0 Å². The van der Waals surface area contributed by atoms with Crippen molar-refractivity contribution in [3.8, 4) is 0 Å². The minimum atomic E-state index is -1.23. The molecule has 0 aromatic rings. The fourth-order valence-electron chi connectivity index (χ4n) is 0.410. The van der Waals surface area contributed by atoms with Gasteiger partial charge in [-0.2, -0.15) is 0 Å². The van der Waals surface area contributed by atoms with Gasteiger partial charge in [0.25, 0.3) is 5.97 Å². The normalized spacial score (nSPS) is 11.4. The van der Waals surface area contributed by atoms with E-state index >= 15 is 0 Å². The summed E-state index contributed by atoms with van der Waals surface area (Å²) in [5, 5.41) is 8.16. The van der Waals surface area contributed by atoms with E-state index in [0.29, 0.717) is 0 Å². The number of hydrogen-bond acceptors (Lipinski definition) is 2. The Morgan fingerprint density at radius 3 is 2.27 bits per heavy atom. The van der Waals surface area contributed by atoms with Gasteiger partial charge in [0.05, 0.1) is 0 Å². The van der Waals surface area contributed by atoms with Crippen LogP contribution in [0.15, 0.2) is 0 Å². The summed E-state index contributed by atoms with van der Waals surface area (Å²) < 4.78 is 0. The van der Waals surface area contributed by atoms with E-state index in [1.165, 1.54) is 0 Å². The van der Waals surface area contributed by atoms with Gasteiger partial charge in [-0.25, -0.2) is 0 Å². The van der Waals surface area contributed by atoms with Crippen molar-refractivity contribution in [3.05, 3.63) is 5.73 Å². The molecule has 0 saturated heterocycles. The van der Waals surface area contributed by atoms with Gasteiger partial charge in [0.2, 0.25) is 5.91 Å². The van der Waals surface area contributed by atoms with Crippen LogP contribution in [0.2, 0.25) is 0 Å². The van der Waals surface area contributed by atoms with Gasteiger partial charge in [0.15, 0.2) is 0 Å². The number of hydrogen-bond donors (Lipinski definition) is 2. The van der Waals surface area contributed by atoms with E-state index in [2.05, 4.69) is 0 Å². The molecule has 64 valence electrons. The molecule has 0 rings (SSSR count). The molecule has 0 heterocycles. The summed E-state index contributed by atoms with van der Waals surface area (Å²) in [7, 11) is 0.